The third-order valence-corrected chi connectivity index (χ3v) is 8.34. The molecule has 3 aliphatic rings. The lowest BCUT2D eigenvalue weighted by atomic mass is 9.79. The molecule has 2 aliphatic heterocycles. The standard InChI is InChI=1S/C30H39N3O3/c1-2-3-6-18-33-26-9-5-4-8-23(26)14-15-27(33)24-10-12-25(13-11-24)28(34)31-19-21-32(22-20-31)29(35)30(36)16-7-17-30/h4-5,8-13,27,36H,2-3,6-7,14-22H2,1H3. The molecule has 2 aromatic rings. The van der Waals surface area contributed by atoms with Crippen molar-refractivity contribution >= 4 is 17.5 Å². The molecular weight excluding hydrogens is 450 g/mol. The van der Waals surface area contributed by atoms with E-state index in [1.807, 2.05) is 17.0 Å². The van der Waals surface area contributed by atoms with Crippen LogP contribution in [0, 0.1) is 0 Å². The number of amides is 2. The lowest BCUT2D eigenvalue weighted by Gasteiger charge is -2.42. The summed E-state index contributed by atoms with van der Waals surface area (Å²) in [6.45, 7) is 5.28. The minimum absolute atomic E-state index is 0.0183. The SMILES string of the molecule is CCCCCN1c2ccccc2CCC1c1ccc(C(=O)N2CCN(C(=O)C3(O)CCC3)CC2)cc1. The van der Waals surface area contributed by atoms with E-state index < -0.39 is 5.60 Å². The van der Waals surface area contributed by atoms with E-state index in [1.54, 1.807) is 4.90 Å². The number of rotatable bonds is 7. The number of anilines is 1. The van der Waals surface area contributed by atoms with Crippen LogP contribution >= 0.6 is 0 Å². The van der Waals surface area contributed by atoms with Gasteiger partial charge >= 0.3 is 0 Å². The Morgan fingerprint density at radius 1 is 0.944 bits per heavy atom. The van der Waals surface area contributed by atoms with Gasteiger partial charge < -0.3 is 19.8 Å². The fourth-order valence-electron chi connectivity index (χ4n) is 5.94. The van der Waals surface area contributed by atoms with Crippen molar-refractivity contribution in [2.45, 2.75) is 69.9 Å². The Morgan fingerprint density at radius 2 is 1.64 bits per heavy atom. The van der Waals surface area contributed by atoms with E-state index in [1.165, 1.54) is 36.1 Å². The molecule has 2 amide bonds. The van der Waals surface area contributed by atoms with Gasteiger partial charge in [0.05, 0.1) is 6.04 Å². The first kappa shape index (κ1) is 24.8. The van der Waals surface area contributed by atoms with Crippen molar-refractivity contribution in [3.63, 3.8) is 0 Å². The highest BCUT2D eigenvalue weighted by molar-refractivity contribution is 5.94. The summed E-state index contributed by atoms with van der Waals surface area (Å²) < 4.78 is 0. The number of benzene rings is 2. The molecule has 0 aromatic heterocycles. The highest BCUT2D eigenvalue weighted by atomic mass is 16.3. The second-order valence-electron chi connectivity index (χ2n) is 10.7. The van der Waals surface area contributed by atoms with Gasteiger partial charge in [-0.25, -0.2) is 0 Å². The van der Waals surface area contributed by atoms with E-state index in [0.717, 1.165) is 25.8 Å². The summed E-state index contributed by atoms with van der Waals surface area (Å²) >= 11 is 0. The van der Waals surface area contributed by atoms with Crippen LogP contribution in [0.3, 0.4) is 0 Å². The van der Waals surface area contributed by atoms with Crippen LogP contribution in [0.1, 0.15) is 79.4 Å². The number of hydrogen-bond acceptors (Lipinski definition) is 4. The van der Waals surface area contributed by atoms with Crippen molar-refractivity contribution in [1.29, 1.82) is 0 Å². The summed E-state index contributed by atoms with van der Waals surface area (Å²) in [6.07, 6.45) is 7.80. The van der Waals surface area contributed by atoms with Gasteiger partial charge in [-0.15, -0.1) is 0 Å². The fourth-order valence-corrected chi connectivity index (χ4v) is 5.94. The molecule has 1 saturated carbocycles. The van der Waals surface area contributed by atoms with E-state index in [9.17, 15) is 14.7 Å². The second-order valence-corrected chi connectivity index (χ2v) is 10.7. The van der Waals surface area contributed by atoms with Gasteiger partial charge in [0.25, 0.3) is 11.8 Å². The van der Waals surface area contributed by atoms with E-state index >= 15 is 0 Å². The van der Waals surface area contributed by atoms with Crippen molar-refractivity contribution in [3.05, 3.63) is 65.2 Å². The van der Waals surface area contributed by atoms with Crippen LogP contribution in [-0.4, -0.2) is 65.0 Å². The Kier molecular flexibility index (Phi) is 7.33. The molecule has 192 valence electrons. The molecule has 0 spiro atoms. The smallest absolute Gasteiger partial charge is 0.254 e. The van der Waals surface area contributed by atoms with Gasteiger partial charge in [-0.2, -0.15) is 0 Å². The zero-order valence-electron chi connectivity index (χ0n) is 21.5. The number of hydrogen-bond donors (Lipinski definition) is 1. The molecule has 5 rings (SSSR count). The Morgan fingerprint density at radius 3 is 2.31 bits per heavy atom. The van der Waals surface area contributed by atoms with Gasteiger partial charge in [0.1, 0.15) is 5.60 Å². The van der Waals surface area contributed by atoms with Crippen LogP contribution in [0.5, 0.6) is 0 Å². The van der Waals surface area contributed by atoms with Gasteiger partial charge in [0.2, 0.25) is 0 Å². The number of aliphatic hydroxyl groups is 1. The highest BCUT2D eigenvalue weighted by Crippen LogP contribution is 2.39. The largest absolute Gasteiger partial charge is 0.380 e. The third kappa shape index (κ3) is 4.88. The molecule has 0 bridgehead atoms. The predicted molar refractivity (Wildman–Crippen MR) is 142 cm³/mol. The van der Waals surface area contributed by atoms with Gasteiger partial charge in [-0.3, -0.25) is 9.59 Å². The summed E-state index contributed by atoms with van der Waals surface area (Å²) in [4.78, 5) is 31.9. The number of fused-ring (bicyclic) bond motifs is 1. The maximum absolute atomic E-state index is 13.2. The molecular formula is C30H39N3O3. The molecule has 6 nitrogen and oxygen atoms in total. The molecule has 1 unspecified atom stereocenters. The van der Waals surface area contributed by atoms with Crippen LogP contribution in [-0.2, 0) is 11.2 Å². The normalized spacial score (nSPS) is 21.1. The first-order valence-electron chi connectivity index (χ1n) is 13.8. The van der Waals surface area contributed by atoms with Crippen LogP contribution in [0.2, 0.25) is 0 Å². The Labute approximate surface area is 214 Å². The van der Waals surface area contributed by atoms with E-state index in [-0.39, 0.29) is 11.8 Å². The van der Waals surface area contributed by atoms with Gasteiger partial charge in [-0.1, -0.05) is 50.1 Å². The molecule has 1 N–H and O–H groups in total. The van der Waals surface area contributed by atoms with E-state index in [0.29, 0.717) is 50.6 Å². The minimum atomic E-state index is -1.16. The quantitative estimate of drug-likeness (QED) is 0.579. The van der Waals surface area contributed by atoms with Crippen LogP contribution in [0.15, 0.2) is 48.5 Å². The Balaban J connectivity index is 1.24. The van der Waals surface area contributed by atoms with Crippen LogP contribution in [0.4, 0.5) is 5.69 Å². The Bertz CT molecular complexity index is 1070. The summed E-state index contributed by atoms with van der Waals surface area (Å²) in [5.74, 6) is -0.146. The molecule has 2 heterocycles. The van der Waals surface area contributed by atoms with Crippen molar-refractivity contribution in [1.82, 2.24) is 9.80 Å². The zero-order chi connectivity index (χ0) is 25.1. The lowest BCUT2D eigenvalue weighted by molar-refractivity contribution is -0.161. The molecule has 36 heavy (non-hydrogen) atoms. The Hall–Kier alpha value is -2.86. The number of aryl methyl sites for hydroxylation is 1. The zero-order valence-corrected chi connectivity index (χ0v) is 21.5. The van der Waals surface area contributed by atoms with Gasteiger partial charge in [0, 0.05) is 44.0 Å². The fraction of sp³-hybridized carbons (Fsp3) is 0.533. The highest BCUT2D eigenvalue weighted by Gasteiger charge is 2.45. The third-order valence-electron chi connectivity index (χ3n) is 8.34. The van der Waals surface area contributed by atoms with Crippen molar-refractivity contribution in [3.8, 4) is 0 Å². The molecule has 2 aromatic carbocycles. The number of carbonyl (C=O) groups is 2. The van der Waals surface area contributed by atoms with Crippen molar-refractivity contribution in [2.75, 3.05) is 37.6 Å². The maximum Gasteiger partial charge on any atom is 0.254 e. The maximum atomic E-state index is 13.2. The number of carbonyl (C=O) groups excluding carboxylic acids is 2. The first-order chi connectivity index (χ1) is 17.5. The van der Waals surface area contributed by atoms with Gasteiger partial charge in [0.15, 0.2) is 0 Å². The predicted octanol–water partition coefficient (Wildman–Crippen LogP) is 4.57. The van der Waals surface area contributed by atoms with Crippen LogP contribution in [0.25, 0.3) is 0 Å². The second kappa shape index (κ2) is 10.6. The van der Waals surface area contributed by atoms with Crippen molar-refractivity contribution in [2.24, 2.45) is 0 Å². The average Bonchev–Trinajstić information content (AvgIpc) is 2.91. The number of para-hydroxylation sites is 1. The lowest BCUT2D eigenvalue weighted by Crippen LogP contribution is -2.58. The van der Waals surface area contributed by atoms with Gasteiger partial charge in [-0.05, 0) is 67.9 Å². The average molecular weight is 490 g/mol. The topological polar surface area (TPSA) is 64.1 Å². The van der Waals surface area contributed by atoms with Crippen LogP contribution < -0.4 is 4.90 Å². The summed E-state index contributed by atoms with van der Waals surface area (Å²) in [5.41, 5.74) is 3.58. The van der Waals surface area contributed by atoms with Crippen molar-refractivity contribution < 1.29 is 14.7 Å². The van der Waals surface area contributed by atoms with E-state index in [2.05, 4.69) is 48.2 Å². The molecule has 1 saturated heterocycles. The summed E-state index contributed by atoms with van der Waals surface area (Å²) in [7, 11) is 0. The van der Waals surface area contributed by atoms with E-state index in [4.69, 9.17) is 0 Å². The molecule has 1 aliphatic carbocycles. The number of nitrogens with zero attached hydrogens (tertiary/aromatic N) is 3. The number of piperazine rings is 1. The number of unbranched alkanes of at least 4 members (excludes halogenated alkanes) is 2. The molecule has 6 heteroatoms. The first-order valence-corrected chi connectivity index (χ1v) is 13.8. The minimum Gasteiger partial charge on any atom is -0.380 e. The molecule has 2 fully saturated rings. The monoisotopic (exact) mass is 489 g/mol. The summed E-state index contributed by atoms with van der Waals surface area (Å²) in [6, 6.07) is 17.3. The molecule has 0 radical (unpaired) electrons. The molecule has 1 atom stereocenters. The summed E-state index contributed by atoms with van der Waals surface area (Å²) in [5, 5.41) is 10.4.